The molecule has 0 fully saturated rings. The van der Waals surface area contributed by atoms with Crippen LogP contribution in [0.25, 0.3) is 0 Å². The molecule has 0 spiro atoms. The molecule has 0 aliphatic carbocycles. The Kier molecular flexibility index (Phi) is 4.63. The molecule has 0 bridgehead atoms. The number of benzene rings is 2. The first-order valence-corrected chi connectivity index (χ1v) is 6.74. The molecule has 2 rings (SSSR count). The lowest BCUT2D eigenvalue weighted by Gasteiger charge is -2.15. The minimum atomic E-state index is -0.658. The van der Waals surface area contributed by atoms with E-state index >= 15 is 0 Å². The van der Waals surface area contributed by atoms with Crippen LogP contribution >= 0.6 is 11.6 Å². The summed E-state index contributed by atoms with van der Waals surface area (Å²) >= 11 is 5.97. The van der Waals surface area contributed by atoms with E-state index in [9.17, 15) is 9.50 Å². The quantitative estimate of drug-likeness (QED) is 0.926. The molecule has 2 aromatic rings. The van der Waals surface area contributed by atoms with E-state index in [4.69, 9.17) is 11.6 Å². The van der Waals surface area contributed by atoms with Crippen LogP contribution in [-0.2, 0) is 6.42 Å². The highest BCUT2D eigenvalue weighted by Crippen LogP contribution is 2.25. The van der Waals surface area contributed by atoms with Gasteiger partial charge in [-0.15, -0.1) is 0 Å². The van der Waals surface area contributed by atoms with E-state index in [1.165, 1.54) is 12.1 Å². The summed E-state index contributed by atoms with van der Waals surface area (Å²) in [6.07, 6.45) is -0.297. The van der Waals surface area contributed by atoms with Crippen LogP contribution in [0.5, 0.6) is 0 Å². The van der Waals surface area contributed by atoms with Gasteiger partial charge in [-0.3, -0.25) is 0 Å². The smallest absolute Gasteiger partial charge is 0.124 e. The summed E-state index contributed by atoms with van der Waals surface area (Å²) in [6.45, 7) is 0. The Balaban J connectivity index is 2.13. The normalized spacial score (nSPS) is 12.2. The molecule has 2 aromatic carbocycles. The summed E-state index contributed by atoms with van der Waals surface area (Å²) in [5.74, 6) is -0.372. The SMILES string of the molecule is CN(C)c1ccc(C(O)Cc2ccc(F)cc2Cl)cc1. The highest BCUT2D eigenvalue weighted by atomic mass is 35.5. The predicted molar refractivity (Wildman–Crippen MR) is 80.8 cm³/mol. The topological polar surface area (TPSA) is 23.5 Å². The van der Waals surface area contributed by atoms with Crippen LogP contribution in [0.1, 0.15) is 17.2 Å². The number of aliphatic hydroxyl groups excluding tert-OH is 1. The molecule has 4 heteroatoms. The van der Waals surface area contributed by atoms with Gasteiger partial charge in [0.15, 0.2) is 0 Å². The Hall–Kier alpha value is -1.58. The van der Waals surface area contributed by atoms with Crippen LogP contribution in [0.2, 0.25) is 5.02 Å². The molecular formula is C16H17ClFNO. The zero-order chi connectivity index (χ0) is 14.7. The number of halogens is 2. The van der Waals surface area contributed by atoms with E-state index in [0.717, 1.165) is 16.8 Å². The van der Waals surface area contributed by atoms with Crippen molar-refractivity contribution >= 4 is 17.3 Å². The lowest BCUT2D eigenvalue weighted by atomic mass is 10.0. The van der Waals surface area contributed by atoms with Crippen molar-refractivity contribution in [1.82, 2.24) is 0 Å². The van der Waals surface area contributed by atoms with Gasteiger partial charge in [-0.25, -0.2) is 4.39 Å². The third kappa shape index (κ3) is 3.50. The average Bonchev–Trinajstić information content (AvgIpc) is 2.42. The minimum absolute atomic E-state index is 0.342. The Bertz CT molecular complexity index is 584. The molecule has 0 saturated carbocycles. The molecule has 0 aliphatic rings. The third-order valence-electron chi connectivity index (χ3n) is 3.22. The first kappa shape index (κ1) is 14.8. The number of rotatable bonds is 4. The van der Waals surface area contributed by atoms with Crippen LogP contribution in [0.4, 0.5) is 10.1 Å². The van der Waals surface area contributed by atoms with Gasteiger partial charge in [-0.1, -0.05) is 29.8 Å². The zero-order valence-corrected chi connectivity index (χ0v) is 12.2. The van der Waals surface area contributed by atoms with Gasteiger partial charge in [0.05, 0.1) is 6.10 Å². The molecule has 1 unspecified atom stereocenters. The second kappa shape index (κ2) is 6.25. The second-order valence-corrected chi connectivity index (χ2v) is 5.35. The summed E-state index contributed by atoms with van der Waals surface area (Å²) in [6, 6.07) is 11.9. The largest absolute Gasteiger partial charge is 0.388 e. The van der Waals surface area contributed by atoms with E-state index in [1.807, 2.05) is 43.3 Å². The van der Waals surface area contributed by atoms with E-state index in [0.29, 0.717) is 11.4 Å². The van der Waals surface area contributed by atoms with Gasteiger partial charge in [0, 0.05) is 31.2 Å². The van der Waals surface area contributed by atoms with E-state index in [-0.39, 0.29) is 5.82 Å². The van der Waals surface area contributed by atoms with Crippen molar-refractivity contribution in [2.75, 3.05) is 19.0 Å². The summed E-state index contributed by atoms with van der Waals surface area (Å²) in [4.78, 5) is 1.99. The maximum absolute atomic E-state index is 13.0. The maximum Gasteiger partial charge on any atom is 0.124 e. The van der Waals surface area contributed by atoms with Crippen LogP contribution < -0.4 is 4.90 Å². The highest BCUT2D eigenvalue weighted by molar-refractivity contribution is 6.31. The Labute approximate surface area is 123 Å². The van der Waals surface area contributed by atoms with Gasteiger partial charge >= 0.3 is 0 Å². The fraction of sp³-hybridized carbons (Fsp3) is 0.250. The number of hydrogen-bond acceptors (Lipinski definition) is 2. The van der Waals surface area contributed by atoms with E-state index in [2.05, 4.69) is 0 Å². The molecule has 0 aliphatic heterocycles. The van der Waals surface area contributed by atoms with Gasteiger partial charge in [-0.05, 0) is 35.4 Å². The molecule has 0 heterocycles. The van der Waals surface area contributed by atoms with Crippen molar-refractivity contribution in [1.29, 1.82) is 0 Å². The second-order valence-electron chi connectivity index (χ2n) is 4.94. The molecule has 0 saturated heterocycles. The fourth-order valence-corrected chi connectivity index (χ4v) is 2.25. The summed E-state index contributed by atoms with van der Waals surface area (Å²) in [7, 11) is 3.92. The summed E-state index contributed by atoms with van der Waals surface area (Å²) in [5.41, 5.74) is 2.62. The van der Waals surface area contributed by atoms with Crippen LogP contribution in [0.15, 0.2) is 42.5 Å². The van der Waals surface area contributed by atoms with Crippen LogP contribution in [0.3, 0.4) is 0 Å². The molecule has 2 nitrogen and oxygen atoms in total. The van der Waals surface area contributed by atoms with E-state index in [1.54, 1.807) is 6.07 Å². The fourth-order valence-electron chi connectivity index (χ4n) is 2.01. The van der Waals surface area contributed by atoms with Crippen molar-refractivity contribution in [3.8, 4) is 0 Å². The van der Waals surface area contributed by atoms with Crippen LogP contribution in [-0.4, -0.2) is 19.2 Å². The molecule has 20 heavy (non-hydrogen) atoms. The first-order chi connectivity index (χ1) is 9.47. The molecule has 0 radical (unpaired) electrons. The monoisotopic (exact) mass is 293 g/mol. The summed E-state index contributed by atoms with van der Waals surface area (Å²) in [5, 5.41) is 10.6. The predicted octanol–water partition coefficient (Wildman–Crippen LogP) is 3.82. The number of hydrogen-bond donors (Lipinski definition) is 1. The Morgan fingerprint density at radius 1 is 1.15 bits per heavy atom. The summed E-state index contributed by atoms with van der Waals surface area (Å²) < 4.78 is 13.0. The molecule has 1 atom stereocenters. The van der Waals surface area contributed by atoms with Gasteiger partial charge in [0.1, 0.15) is 5.82 Å². The lowest BCUT2D eigenvalue weighted by Crippen LogP contribution is -2.09. The molecular weight excluding hydrogens is 277 g/mol. The van der Waals surface area contributed by atoms with E-state index < -0.39 is 6.10 Å². The van der Waals surface area contributed by atoms with Crippen molar-refractivity contribution < 1.29 is 9.50 Å². The van der Waals surface area contributed by atoms with Crippen molar-refractivity contribution in [2.24, 2.45) is 0 Å². The standard InChI is InChI=1S/C16H17ClFNO/c1-19(2)14-7-4-11(5-8-14)16(20)9-12-3-6-13(18)10-15(12)17/h3-8,10,16,20H,9H2,1-2H3. The van der Waals surface area contributed by atoms with Crippen molar-refractivity contribution in [3.05, 3.63) is 64.4 Å². The van der Waals surface area contributed by atoms with Gasteiger partial charge in [0.2, 0.25) is 0 Å². The molecule has 106 valence electrons. The first-order valence-electron chi connectivity index (χ1n) is 6.36. The molecule has 1 N–H and O–H groups in total. The lowest BCUT2D eigenvalue weighted by molar-refractivity contribution is 0.178. The highest BCUT2D eigenvalue weighted by Gasteiger charge is 2.11. The average molecular weight is 294 g/mol. The Morgan fingerprint density at radius 3 is 2.35 bits per heavy atom. The molecule has 0 aromatic heterocycles. The zero-order valence-electron chi connectivity index (χ0n) is 11.5. The van der Waals surface area contributed by atoms with Crippen molar-refractivity contribution in [2.45, 2.75) is 12.5 Å². The van der Waals surface area contributed by atoms with Crippen molar-refractivity contribution in [3.63, 3.8) is 0 Å². The maximum atomic E-state index is 13.0. The van der Waals surface area contributed by atoms with Crippen LogP contribution in [0, 0.1) is 5.82 Å². The van der Waals surface area contributed by atoms with Gasteiger partial charge in [0.25, 0.3) is 0 Å². The minimum Gasteiger partial charge on any atom is -0.388 e. The third-order valence-corrected chi connectivity index (χ3v) is 3.57. The number of anilines is 1. The Morgan fingerprint density at radius 2 is 1.80 bits per heavy atom. The number of aliphatic hydroxyl groups is 1. The number of nitrogens with zero attached hydrogens (tertiary/aromatic N) is 1. The van der Waals surface area contributed by atoms with Gasteiger partial charge in [-0.2, -0.15) is 0 Å². The van der Waals surface area contributed by atoms with Gasteiger partial charge < -0.3 is 10.0 Å². The molecule has 0 amide bonds.